The third kappa shape index (κ3) is 169. The molecule has 0 spiro atoms. The molecule has 3 aromatic rings. The van der Waals surface area contributed by atoms with Crippen LogP contribution in [0.3, 0.4) is 0 Å². The van der Waals surface area contributed by atoms with Crippen molar-refractivity contribution in [1.29, 1.82) is 0 Å². The zero-order valence-electron chi connectivity index (χ0n) is 71.1. The first-order chi connectivity index (χ1) is 54.5. The molecule has 0 aliphatic rings. The van der Waals surface area contributed by atoms with E-state index in [4.69, 9.17) is 62.9 Å². The van der Waals surface area contributed by atoms with Gasteiger partial charge in [-0.05, 0) is 105 Å². The minimum atomic E-state index is -3.67. The molecule has 3 radical (unpaired) electrons. The van der Waals surface area contributed by atoms with Gasteiger partial charge in [0, 0.05) is 172 Å². The average Bonchev–Trinajstić information content (AvgIpc) is 0.878. The van der Waals surface area contributed by atoms with E-state index in [-0.39, 0.29) is 152 Å². The van der Waals surface area contributed by atoms with E-state index in [9.17, 15) is 74.7 Å². The summed E-state index contributed by atoms with van der Waals surface area (Å²) in [6.45, 7) is 20.6. The number of nitrogens with two attached hydrogens (primary N) is 7. The number of ether oxygens (including phenoxy) is 5. The third-order valence-electron chi connectivity index (χ3n) is 9.31. The Labute approximate surface area is 862 Å². The third-order valence-corrected chi connectivity index (χ3v) is 18.4. The van der Waals surface area contributed by atoms with Crippen LogP contribution in [-0.2, 0) is 195 Å². The second-order valence-electron chi connectivity index (χ2n) is 21.8. The van der Waals surface area contributed by atoms with Gasteiger partial charge in [0.2, 0.25) is 12.3 Å². The van der Waals surface area contributed by atoms with Gasteiger partial charge >= 0.3 is 42.2 Å². The van der Waals surface area contributed by atoms with Crippen molar-refractivity contribution >= 4 is 245 Å². The minimum Gasteiger partial charge on any atom is -0.508 e. The van der Waals surface area contributed by atoms with Crippen LogP contribution in [0, 0.1) is 22.3 Å². The Morgan fingerprint density at radius 1 is 0.573 bits per heavy atom. The summed E-state index contributed by atoms with van der Waals surface area (Å²) in [5.41, 5.74) is 40.7. The van der Waals surface area contributed by atoms with Gasteiger partial charge in [0.25, 0.3) is 35.4 Å². The molecule has 717 valence electrons. The molecule has 2 atom stereocenters. The summed E-state index contributed by atoms with van der Waals surface area (Å²) in [6, 6.07) is 18.8. The molecule has 2 unspecified atom stereocenters. The summed E-state index contributed by atoms with van der Waals surface area (Å²) in [7, 11) is 1.88. The van der Waals surface area contributed by atoms with Crippen LogP contribution < -0.4 is 51.0 Å². The fraction of sp³-hybridized carbons (Fsp3) is 0.471. The van der Waals surface area contributed by atoms with Crippen LogP contribution in [-0.4, -0.2) is 223 Å². The molecule has 3 rings (SSSR count). The van der Waals surface area contributed by atoms with Gasteiger partial charge in [-0.2, -0.15) is 77.9 Å². The average molecular weight is 2250 g/mol. The zero-order valence-corrected chi connectivity index (χ0v) is 90.8. The summed E-state index contributed by atoms with van der Waals surface area (Å²) in [5.74, 6) is -4.10. The van der Waals surface area contributed by atoms with Gasteiger partial charge in [-0.15, -0.1) is 48.6 Å². The van der Waals surface area contributed by atoms with Crippen LogP contribution in [0.1, 0.15) is 112 Å². The normalized spacial score (nSPS) is 9.75. The molecule has 0 aliphatic carbocycles. The van der Waals surface area contributed by atoms with E-state index in [0.29, 0.717) is 105 Å². The van der Waals surface area contributed by atoms with Gasteiger partial charge < -0.3 is 122 Å². The van der Waals surface area contributed by atoms with Crippen molar-refractivity contribution in [2.75, 3.05) is 54.8 Å². The van der Waals surface area contributed by atoms with Gasteiger partial charge in [-0.3, -0.25) is 48.3 Å². The Bertz CT molecular complexity index is 3180. The van der Waals surface area contributed by atoms with E-state index >= 15 is 0 Å². The Morgan fingerprint density at radius 2 is 0.911 bits per heavy atom. The first-order valence-corrected chi connectivity index (χ1v) is 43.6. The number of carbonyl (C=O) groups is 13. The predicted molar refractivity (Wildman–Crippen MR) is 505 cm³/mol. The number of primary amides is 5. The molecular formula is C68H124F2N11O27S13Y3-3. The molecule has 7 amide bonds. The van der Waals surface area contributed by atoms with Crippen molar-refractivity contribution in [3.63, 3.8) is 0 Å². The van der Waals surface area contributed by atoms with E-state index in [1.165, 1.54) is 21.6 Å². The fourth-order valence-corrected chi connectivity index (χ4v) is 7.65. The number of aliphatic hydroxyl groups is 1. The first kappa shape index (κ1) is 164. The quantitative estimate of drug-likeness (QED) is 0.00318. The second-order valence-corrected chi connectivity index (χ2v) is 32.9. The number of nitrogens with zero attached hydrogens (tertiary/aromatic N) is 2. The number of phenols is 1. The van der Waals surface area contributed by atoms with E-state index in [2.05, 4.69) is 182 Å². The Kier molecular flexibility index (Phi) is 150. The number of hydrazone groups is 2. The molecule has 3 aromatic carbocycles. The SMILES string of the molecule is CC(C)(C)SS.CC(C)(SS)C(N)C(=O)O.CC(C)(SSCCO)C(N)C(=O)O.CC(F)(F)C(N)=O.CC/C=N/NC(N)=O.CC/C=N/NC=O.CS(=O)(=O)O.NC(=O)CCS.NC(=O)OCCS.NC(=O)OCc1ccc(S)cc1.O=C(O)O.O=CCCS.O=COCCS.O=COCc1ccc(O)cc1.O=COCc1ccc(S)cc1.[CH3-].[CH3-].[CH3-].[Y].[Y].[Y]. The smallest absolute Gasteiger partial charge is 0.503 e. The molecule has 0 saturated carbocycles. The van der Waals surface area contributed by atoms with E-state index in [1.54, 1.807) is 75.2 Å². The molecule has 124 heavy (non-hydrogen) atoms. The number of carbonyl (C=O) groups excluding carboxylic acids is 10. The van der Waals surface area contributed by atoms with Gasteiger partial charge in [0.1, 0.15) is 50.5 Å². The summed E-state index contributed by atoms with van der Waals surface area (Å²) in [5, 5.41) is 55.4. The van der Waals surface area contributed by atoms with Crippen molar-refractivity contribution < 1.29 is 237 Å². The van der Waals surface area contributed by atoms with Crippen molar-refractivity contribution in [2.24, 2.45) is 50.3 Å². The number of alkyl halides is 2. The number of aliphatic carboxylic acids is 2. The maximum absolute atomic E-state index is 11.4. The topological polar surface area (TPSA) is 675 Å². The summed E-state index contributed by atoms with van der Waals surface area (Å²) in [6.07, 6.45) is 4.54. The standard InChI is InChI=1S/C8H9NO2S.C8H8O3.C8H8O2S.C7H15NO3S2.C5H11NO2S2.C4H9N3O.C4H8N2O.C4H10S2.C3H5F2NO.C3H7NO2S.C3H7NOS.C3H6O2S.C3H6OS.CH4O3S.CH2O3.3CH3.3Y/c9-8(10)11-5-6-1-3-7(12)4-2-6;9-6-11-5-7-1-3-8(10)4-2-7;9-6-10-5-7-1-3-8(11)4-2-7;1-7(2,5(8)6(10)11)13-12-4-3-9;1-5(2,10-9)3(6)4(7)8;1-2-3-6-7-4(5)8;1-2-3-5-6-4-7;1-4(2,3)6-5;1-3(4,5)2(6)7;4-3(5)6-1-2-7;4-3(5)1-2-6;4-3-5-1-2-6;4-2-1-3-5;1-5(2,3)4;2-1(3)4;;;;;;/h1-4,12H,5H2,(H2,9,10);1-4,6,10H,5H2;1-4,6,11H,5H2;5,9H,3-4,8H2,1-2H3,(H,10,11);3,9H,6H2,1-2H3,(H,7,8);3H,2H2,1H3,(H3,5,7,8);3-4H,2H2,1H3,(H,6,7);5H,1-3H3;1H3,(H2,6,7);7H,1-2H2,(H2,4,5);6H,1-2H2,(H2,4,5);3,6H,1-2H2;2,5H,1,3H2;1H3,(H,2,3,4);(H2,2,3,4);3*1H3;;;/q;;;;;;;;;;;;;;;3*-1;;;/b;;;;;6-3+;5-3+;;;;;;;;;;;;;;. The molecule has 56 heteroatoms. The number of amides is 7. The van der Waals surface area contributed by atoms with Crippen molar-refractivity contribution in [3.05, 3.63) is 112 Å². The Morgan fingerprint density at radius 3 is 1.12 bits per heavy atom. The van der Waals surface area contributed by atoms with Crippen molar-refractivity contribution in [3.8, 4) is 5.75 Å². The van der Waals surface area contributed by atoms with Gasteiger partial charge in [0.05, 0.1) is 19.5 Å². The van der Waals surface area contributed by atoms with E-state index in [1.807, 2.05) is 62.4 Å². The molecule has 0 heterocycles. The largest absolute Gasteiger partial charge is 0.508 e. The van der Waals surface area contributed by atoms with Crippen molar-refractivity contribution in [2.45, 2.75) is 157 Å². The van der Waals surface area contributed by atoms with Crippen LogP contribution in [0.15, 0.2) is 92.8 Å². The first-order valence-electron chi connectivity index (χ1n) is 32.3. The number of carboxylic acid groups (broad SMARTS) is 4. The molecular weight excluding hydrogens is 2120 g/mol. The second kappa shape index (κ2) is 114. The number of hydrogen-bond acceptors (Lipinski definition) is 38. The Balaban J connectivity index is -0.0000000611. The predicted octanol–water partition coefficient (Wildman–Crippen LogP) is 9.73. The molecule has 23 N–H and O–H groups in total. The van der Waals surface area contributed by atoms with E-state index in [0.717, 1.165) is 56.4 Å². The Hall–Kier alpha value is -3.53. The maximum atomic E-state index is 11.4. The number of aromatic hydroxyl groups is 1. The van der Waals surface area contributed by atoms with Crippen LogP contribution in [0.5, 0.6) is 5.75 Å². The number of aliphatic hydroxyl groups excluding tert-OH is 1. The van der Waals surface area contributed by atoms with Crippen LogP contribution >= 0.6 is 142 Å². The van der Waals surface area contributed by atoms with E-state index < -0.39 is 79.8 Å². The zero-order chi connectivity index (χ0) is 95.0. The maximum Gasteiger partial charge on any atom is 0.503 e. The van der Waals surface area contributed by atoms with Gasteiger partial charge in [-0.1, -0.05) is 114 Å². The number of halogens is 2. The molecule has 38 nitrogen and oxygen atoms in total. The minimum absolute atomic E-state index is 0. The molecule has 0 saturated heterocycles. The van der Waals surface area contributed by atoms with Gasteiger partial charge in [-0.25, -0.2) is 24.6 Å². The molecule has 0 aromatic heterocycles. The number of benzene rings is 3. The number of nitrogens with one attached hydrogen (secondary N) is 2. The summed E-state index contributed by atoms with van der Waals surface area (Å²) < 4.78 is 70.0. The van der Waals surface area contributed by atoms with Crippen LogP contribution in [0.25, 0.3) is 0 Å². The summed E-state index contributed by atoms with van der Waals surface area (Å²) >= 11 is 31.2. The number of urea groups is 1. The summed E-state index contributed by atoms with van der Waals surface area (Å²) in [4.78, 5) is 128. The monoisotopic (exact) mass is 2250 g/mol. The van der Waals surface area contributed by atoms with Crippen molar-refractivity contribution in [1.82, 2.24) is 10.9 Å². The number of phenolic OH excluding ortho intramolecular Hbond substituents is 1. The molecule has 0 bridgehead atoms. The number of rotatable bonds is 32. The number of thiol groups is 8. The fourth-order valence-electron chi connectivity index (χ4n) is 3.91. The number of carboxylic acids is 2. The number of hydrogen-bond donors (Lipinski definition) is 24. The van der Waals surface area contributed by atoms with Gasteiger partial charge in [0.15, 0.2) is 0 Å². The van der Waals surface area contributed by atoms with Crippen LogP contribution in [0.2, 0.25) is 0 Å². The number of aldehydes is 1. The molecule has 0 aliphatic heterocycles. The van der Waals surface area contributed by atoms with Crippen LogP contribution in [0.4, 0.5) is 28.0 Å². The molecule has 0 fully saturated rings.